The lowest BCUT2D eigenvalue weighted by molar-refractivity contribution is -0.127. The molecule has 2 aliphatic rings. The molecule has 2 rings (SSSR count). The van der Waals surface area contributed by atoms with Gasteiger partial charge in [0.2, 0.25) is 15.9 Å². The number of hydrogen-bond donors (Lipinski definition) is 1. The monoisotopic (exact) mass is 345 g/mol. The van der Waals surface area contributed by atoms with Crippen molar-refractivity contribution in [2.75, 3.05) is 39.0 Å². The van der Waals surface area contributed by atoms with E-state index in [-0.39, 0.29) is 17.9 Å². The summed E-state index contributed by atoms with van der Waals surface area (Å²) in [5, 5.41) is 3.13. The molecule has 6 nitrogen and oxygen atoms in total. The Bertz CT molecular complexity index is 503. The molecule has 1 N–H and O–H groups in total. The van der Waals surface area contributed by atoms with Crippen LogP contribution in [-0.2, 0) is 14.8 Å². The lowest BCUT2D eigenvalue weighted by Crippen LogP contribution is -2.55. The summed E-state index contributed by atoms with van der Waals surface area (Å²) in [7, 11) is -3.03. The molecule has 0 bridgehead atoms. The first-order chi connectivity index (χ1) is 10.8. The van der Waals surface area contributed by atoms with Gasteiger partial charge in [0.15, 0.2) is 0 Å². The molecule has 0 aromatic heterocycles. The van der Waals surface area contributed by atoms with Gasteiger partial charge >= 0.3 is 0 Å². The SMILES string of the molecule is CCCC(C)NC(=O)C1CCCN(CC2CN(S(C)(=O)=O)C2)C1. The van der Waals surface area contributed by atoms with Crippen LogP contribution in [0, 0.1) is 11.8 Å². The highest BCUT2D eigenvalue weighted by molar-refractivity contribution is 7.88. The van der Waals surface area contributed by atoms with E-state index >= 15 is 0 Å². The number of sulfonamides is 1. The number of nitrogens with one attached hydrogen (secondary N) is 1. The summed E-state index contributed by atoms with van der Waals surface area (Å²) in [5.41, 5.74) is 0. The molecule has 0 aromatic carbocycles. The second-order valence-corrected chi connectivity index (χ2v) is 9.23. The van der Waals surface area contributed by atoms with Gasteiger partial charge in [-0.05, 0) is 38.6 Å². The van der Waals surface area contributed by atoms with Crippen LogP contribution in [-0.4, -0.2) is 68.6 Å². The van der Waals surface area contributed by atoms with E-state index in [2.05, 4.69) is 24.1 Å². The summed E-state index contributed by atoms with van der Waals surface area (Å²) in [4.78, 5) is 14.7. The topological polar surface area (TPSA) is 69.7 Å². The third-order valence-electron chi connectivity index (χ3n) is 4.90. The summed E-state index contributed by atoms with van der Waals surface area (Å²) >= 11 is 0. The van der Waals surface area contributed by atoms with E-state index < -0.39 is 10.0 Å². The molecule has 2 aliphatic heterocycles. The first-order valence-corrected chi connectivity index (χ1v) is 10.6. The van der Waals surface area contributed by atoms with E-state index in [0.717, 1.165) is 45.3 Å². The average Bonchev–Trinajstić information content (AvgIpc) is 2.41. The predicted octanol–water partition coefficient (Wildman–Crippen LogP) is 0.895. The fourth-order valence-electron chi connectivity index (χ4n) is 3.58. The second-order valence-electron chi connectivity index (χ2n) is 7.24. The minimum absolute atomic E-state index is 0.0779. The van der Waals surface area contributed by atoms with Gasteiger partial charge in [-0.3, -0.25) is 4.79 Å². The van der Waals surface area contributed by atoms with Crippen LogP contribution in [0.5, 0.6) is 0 Å². The van der Waals surface area contributed by atoms with Gasteiger partial charge < -0.3 is 10.2 Å². The third-order valence-corrected chi connectivity index (χ3v) is 6.13. The Labute approximate surface area is 140 Å². The highest BCUT2D eigenvalue weighted by Crippen LogP contribution is 2.23. The Morgan fingerprint density at radius 2 is 2.00 bits per heavy atom. The van der Waals surface area contributed by atoms with Crippen molar-refractivity contribution >= 4 is 15.9 Å². The molecule has 2 fully saturated rings. The molecule has 7 heteroatoms. The van der Waals surface area contributed by atoms with Gasteiger partial charge in [0.05, 0.1) is 12.2 Å². The van der Waals surface area contributed by atoms with Crippen LogP contribution in [0.25, 0.3) is 0 Å². The molecule has 2 atom stereocenters. The summed E-state index contributed by atoms with van der Waals surface area (Å²) < 4.78 is 24.3. The molecule has 2 unspecified atom stereocenters. The standard InChI is InChI=1S/C16H31N3O3S/c1-4-6-13(2)17-16(20)15-7-5-8-18(12-15)9-14-10-19(11-14)23(3,21)22/h13-15H,4-12H2,1-3H3,(H,17,20). The van der Waals surface area contributed by atoms with Gasteiger partial charge in [-0.15, -0.1) is 0 Å². The summed E-state index contributed by atoms with van der Waals surface area (Å²) in [5.74, 6) is 0.668. The van der Waals surface area contributed by atoms with Crippen molar-refractivity contribution in [3.8, 4) is 0 Å². The molecule has 0 saturated carbocycles. The molecule has 0 spiro atoms. The van der Waals surface area contributed by atoms with Gasteiger partial charge in [0, 0.05) is 32.2 Å². The van der Waals surface area contributed by atoms with Crippen LogP contribution in [0.2, 0.25) is 0 Å². The van der Waals surface area contributed by atoms with Crippen LogP contribution in [0.4, 0.5) is 0 Å². The molecule has 134 valence electrons. The molecular formula is C16H31N3O3S. The van der Waals surface area contributed by atoms with Gasteiger partial charge in [-0.2, -0.15) is 0 Å². The highest BCUT2D eigenvalue weighted by atomic mass is 32.2. The minimum Gasteiger partial charge on any atom is -0.353 e. The van der Waals surface area contributed by atoms with Gasteiger partial charge in [-0.1, -0.05) is 13.3 Å². The molecule has 2 heterocycles. The number of rotatable bonds is 7. The minimum atomic E-state index is -3.03. The number of likely N-dealkylation sites (tertiary alicyclic amines) is 1. The summed E-state index contributed by atoms with van der Waals surface area (Å²) in [6.45, 7) is 8.17. The first kappa shape index (κ1) is 18.7. The molecule has 23 heavy (non-hydrogen) atoms. The van der Waals surface area contributed by atoms with Crippen LogP contribution < -0.4 is 5.32 Å². The molecule has 2 saturated heterocycles. The lowest BCUT2D eigenvalue weighted by atomic mass is 9.94. The normalized spacial score (nSPS) is 25.8. The van der Waals surface area contributed by atoms with Crippen LogP contribution >= 0.6 is 0 Å². The highest BCUT2D eigenvalue weighted by Gasteiger charge is 2.35. The van der Waals surface area contributed by atoms with Gasteiger partial charge in [-0.25, -0.2) is 12.7 Å². The van der Waals surface area contributed by atoms with Crippen LogP contribution in [0.1, 0.15) is 39.5 Å². The number of piperidine rings is 1. The Balaban J connectivity index is 1.75. The lowest BCUT2D eigenvalue weighted by Gasteiger charge is -2.41. The largest absolute Gasteiger partial charge is 0.353 e. The fourth-order valence-corrected chi connectivity index (χ4v) is 4.54. The molecule has 0 aliphatic carbocycles. The smallest absolute Gasteiger partial charge is 0.224 e. The van der Waals surface area contributed by atoms with E-state index in [1.807, 2.05) is 0 Å². The van der Waals surface area contributed by atoms with Crippen molar-refractivity contribution in [1.82, 2.24) is 14.5 Å². The maximum atomic E-state index is 12.4. The molecule has 0 radical (unpaired) electrons. The Kier molecular flexibility index (Phi) is 6.45. The summed E-state index contributed by atoms with van der Waals surface area (Å²) in [6, 6.07) is 0.248. The zero-order valence-corrected chi connectivity index (χ0v) is 15.4. The first-order valence-electron chi connectivity index (χ1n) is 8.77. The number of amides is 1. The van der Waals surface area contributed by atoms with Crippen molar-refractivity contribution in [2.45, 2.75) is 45.6 Å². The van der Waals surface area contributed by atoms with E-state index in [1.54, 1.807) is 0 Å². The number of carbonyl (C=O) groups is 1. The number of nitrogens with zero attached hydrogens (tertiary/aromatic N) is 2. The van der Waals surface area contributed by atoms with E-state index in [9.17, 15) is 13.2 Å². The van der Waals surface area contributed by atoms with Crippen LogP contribution in [0.3, 0.4) is 0 Å². The second kappa shape index (κ2) is 7.94. The third kappa shape index (κ3) is 5.43. The molecule has 0 aromatic rings. The fraction of sp³-hybridized carbons (Fsp3) is 0.938. The number of hydrogen-bond acceptors (Lipinski definition) is 4. The van der Waals surface area contributed by atoms with Crippen molar-refractivity contribution in [3.05, 3.63) is 0 Å². The maximum Gasteiger partial charge on any atom is 0.224 e. The maximum absolute atomic E-state index is 12.4. The van der Waals surface area contributed by atoms with E-state index in [4.69, 9.17) is 0 Å². The quantitative estimate of drug-likeness (QED) is 0.744. The predicted molar refractivity (Wildman–Crippen MR) is 91.6 cm³/mol. The average molecular weight is 346 g/mol. The molecule has 1 amide bonds. The van der Waals surface area contributed by atoms with Crippen molar-refractivity contribution < 1.29 is 13.2 Å². The van der Waals surface area contributed by atoms with E-state index in [1.165, 1.54) is 10.6 Å². The van der Waals surface area contributed by atoms with Crippen molar-refractivity contribution in [3.63, 3.8) is 0 Å². The van der Waals surface area contributed by atoms with Crippen LogP contribution in [0.15, 0.2) is 0 Å². The van der Waals surface area contributed by atoms with Gasteiger partial charge in [0.1, 0.15) is 0 Å². The molecular weight excluding hydrogens is 314 g/mol. The Morgan fingerprint density at radius 1 is 1.30 bits per heavy atom. The van der Waals surface area contributed by atoms with E-state index in [0.29, 0.717) is 19.0 Å². The zero-order chi connectivity index (χ0) is 17.0. The van der Waals surface area contributed by atoms with Crippen molar-refractivity contribution in [1.29, 1.82) is 0 Å². The number of carbonyl (C=O) groups excluding carboxylic acids is 1. The Hall–Kier alpha value is -0.660. The zero-order valence-electron chi connectivity index (χ0n) is 14.6. The van der Waals surface area contributed by atoms with Gasteiger partial charge in [0.25, 0.3) is 0 Å². The van der Waals surface area contributed by atoms with Crippen molar-refractivity contribution in [2.24, 2.45) is 11.8 Å². The summed E-state index contributed by atoms with van der Waals surface area (Å²) in [6.07, 6.45) is 5.37. The Morgan fingerprint density at radius 3 is 2.61 bits per heavy atom.